The molecule has 0 fully saturated rings. The zero-order valence-electron chi connectivity index (χ0n) is 13.1. The number of aryl methyl sites for hydroxylation is 1. The van der Waals surface area contributed by atoms with E-state index in [1.165, 1.54) is 4.88 Å². The zero-order chi connectivity index (χ0) is 15.9. The SMILES string of the molecule is CCNC(=NCc1ncc(C)s1)NC(C)c1ccccc1Cl. The normalized spacial score (nSPS) is 13.0. The first-order chi connectivity index (χ1) is 10.6. The van der Waals surface area contributed by atoms with Gasteiger partial charge in [0.15, 0.2) is 5.96 Å². The lowest BCUT2D eigenvalue weighted by molar-refractivity contribution is 0.686. The molecular weight excluding hydrogens is 316 g/mol. The number of aliphatic imine (C=N–C) groups is 1. The molecular formula is C16H21ClN4S. The molecule has 0 aliphatic heterocycles. The molecule has 22 heavy (non-hydrogen) atoms. The van der Waals surface area contributed by atoms with Crippen LogP contribution in [0.3, 0.4) is 0 Å². The van der Waals surface area contributed by atoms with Crippen molar-refractivity contribution in [2.24, 2.45) is 4.99 Å². The molecule has 0 radical (unpaired) electrons. The maximum Gasteiger partial charge on any atom is 0.192 e. The van der Waals surface area contributed by atoms with Gasteiger partial charge in [-0.25, -0.2) is 9.98 Å². The van der Waals surface area contributed by atoms with Gasteiger partial charge in [0.25, 0.3) is 0 Å². The lowest BCUT2D eigenvalue weighted by Gasteiger charge is -2.19. The van der Waals surface area contributed by atoms with Crippen molar-refractivity contribution in [1.29, 1.82) is 0 Å². The van der Waals surface area contributed by atoms with Crippen LogP contribution < -0.4 is 10.6 Å². The summed E-state index contributed by atoms with van der Waals surface area (Å²) in [4.78, 5) is 10.1. The van der Waals surface area contributed by atoms with Crippen molar-refractivity contribution < 1.29 is 0 Å². The largest absolute Gasteiger partial charge is 0.357 e. The number of guanidine groups is 1. The molecule has 0 aliphatic rings. The van der Waals surface area contributed by atoms with Crippen LogP contribution in [0.15, 0.2) is 35.5 Å². The molecule has 2 aromatic rings. The second-order valence-corrected chi connectivity index (χ2v) is 6.67. The van der Waals surface area contributed by atoms with Crippen LogP contribution in [0, 0.1) is 6.92 Å². The van der Waals surface area contributed by atoms with Gasteiger partial charge < -0.3 is 10.6 Å². The average molecular weight is 337 g/mol. The van der Waals surface area contributed by atoms with E-state index in [-0.39, 0.29) is 6.04 Å². The van der Waals surface area contributed by atoms with Crippen molar-refractivity contribution in [3.63, 3.8) is 0 Å². The molecule has 2 N–H and O–H groups in total. The number of thiazole rings is 1. The van der Waals surface area contributed by atoms with Gasteiger partial charge in [0, 0.05) is 22.6 Å². The number of hydrogen-bond acceptors (Lipinski definition) is 3. The van der Waals surface area contributed by atoms with E-state index in [1.807, 2.05) is 44.3 Å². The van der Waals surface area contributed by atoms with E-state index in [4.69, 9.17) is 11.6 Å². The molecule has 1 heterocycles. The number of nitrogens with zero attached hydrogens (tertiary/aromatic N) is 2. The molecule has 0 amide bonds. The van der Waals surface area contributed by atoms with Crippen LogP contribution >= 0.6 is 22.9 Å². The Hall–Kier alpha value is -1.59. The average Bonchev–Trinajstić information content (AvgIpc) is 2.91. The monoisotopic (exact) mass is 336 g/mol. The van der Waals surface area contributed by atoms with Gasteiger partial charge in [-0.1, -0.05) is 29.8 Å². The summed E-state index contributed by atoms with van der Waals surface area (Å²) in [7, 11) is 0. The maximum atomic E-state index is 6.25. The van der Waals surface area contributed by atoms with Crippen LogP contribution in [0.5, 0.6) is 0 Å². The predicted octanol–water partition coefficient (Wildman–Crippen LogP) is 3.92. The van der Waals surface area contributed by atoms with Gasteiger partial charge in [-0.2, -0.15) is 0 Å². The van der Waals surface area contributed by atoms with E-state index < -0.39 is 0 Å². The molecule has 0 saturated carbocycles. The number of aromatic nitrogens is 1. The fourth-order valence-electron chi connectivity index (χ4n) is 2.05. The number of nitrogens with one attached hydrogen (secondary N) is 2. The Bertz CT molecular complexity index is 639. The molecule has 1 atom stereocenters. The summed E-state index contributed by atoms with van der Waals surface area (Å²) in [5, 5.41) is 8.41. The highest BCUT2D eigenvalue weighted by Gasteiger charge is 2.10. The minimum absolute atomic E-state index is 0.0736. The van der Waals surface area contributed by atoms with Crippen LogP contribution in [-0.2, 0) is 6.54 Å². The van der Waals surface area contributed by atoms with Crippen LogP contribution in [0.1, 0.15) is 35.3 Å². The molecule has 1 aromatic carbocycles. The van der Waals surface area contributed by atoms with E-state index in [1.54, 1.807) is 11.3 Å². The summed E-state index contributed by atoms with van der Waals surface area (Å²) in [5.74, 6) is 0.766. The highest BCUT2D eigenvalue weighted by Crippen LogP contribution is 2.22. The standard InChI is InChI=1S/C16H21ClN4S/c1-4-18-16(20-10-15-19-9-11(2)22-15)21-12(3)13-7-5-6-8-14(13)17/h5-9,12H,4,10H2,1-3H3,(H2,18,20,21). The Labute approximate surface area is 140 Å². The first kappa shape index (κ1) is 16.8. The Morgan fingerprint density at radius 3 is 2.82 bits per heavy atom. The quantitative estimate of drug-likeness (QED) is 0.642. The molecule has 0 bridgehead atoms. The molecule has 1 aromatic heterocycles. The van der Waals surface area contributed by atoms with Crippen molar-refractivity contribution in [2.45, 2.75) is 33.4 Å². The Morgan fingerprint density at radius 1 is 1.41 bits per heavy atom. The smallest absolute Gasteiger partial charge is 0.192 e. The predicted molar refractivity (Wildman–Crippen MR) is 94.7 cm³/mol. The summed E-state index contributed by atoms with van der Waals surface area (Å²) >= 11 is 7.92. The van der Waals surface area contributed by atoms with E-state index >= 15 is 0 Å². The number of hydrogen-bond donors (Lipinski definition) is 2. The lowest BCUT2D eigenvalue weighted by atomic mass is 10.1. The van der Waals surface area contributed by atoms with Crippen LogP contribution in [-0.4, -0.2) is 17.5 Å². The van der Waals surface area contributed by atoms with Gasteiger partial charge in [0.1, 0.15) is 5.01 Å². The molecule has 4 nitrogen and oxygen atoms in total. The van der Waals surface area contributed by atoms with Crippen LogP contribution in [0.2, 0.25) is 5.02 Å². The topological polar surface area (TPSA) is 49.3 Å². The van der Waals surface area contributed by atoms with Gasteiger partial charge in [0.2, 0.25) is 0 Å². The minimum Gasteiger partial charge on any atom is -0.357 e. The van der Waals surface area contributed by atoms with Gasteiger partial charge in [-0.15, -0.1) is 11.3 Å². The molecule has 1 unspecified atom stereocenters. The second-order valence-electron chi connectivity index (χ2n) is 4.95. The third-order valence-electron chi connectivity index (χ3n) is 3.11. The fraction of sp³-hybridized carbons (Fsp3) is 0.375. The van der Waals surface area contributed by atoms with Crippen molar-refractivity contribution in [1.82, 2.24) is 15.6 Å². The summed E-state index contributed by atoms with van der Waals surface area (Å²) in [6.07, 6.45) is 1.88. The molecule has 0 saturated heterocycles. The molecule has 0 aliphatic carbocycles. The van der Waals surface area contributed by atoms with E-state index in [0.29, 0.717) is 6.54 Å². The molecule has 0 spiro atoms. The summed E-state index contributed by atoms with van der Waals surface area (Å²) in [6.45, 7) is 7.54. The Morgan fingerprint density at radius 2 is 2.18 bits per heavy atom. The zero-order valence-corrected chi connectivity index (χ0v) is 14.6. The highest BCUT2D eigenvalue weighted by molar-refractivity contribution is 7.11. The highest BCUT2D eigenvalue weighted by atomic mass is 35.5. The number of halogens is 1. The minimum atomic E-state index is 0.0736. The van der Waals surface area contributed by atoms with Gasteiger partial charge in [-0.3, -0.25) is 0 Å². The summed E-state index contributed by atoms with van der Waals surface area (Å²) in [5.41, 5.74) is 1.06. The second kappa shape index (κ2) is 8.15. The van der Waals surface area contributed by atoms with E-state index in [2.05, 4.69) is 27.5 Å². The summed E-state index contributed by atoms with van der Waals surface area (Å²) in [6, 6.07) is 7.92. The van der Waals surface area contributed by atoms with Gasteiger partial charge in [0.05, 0.1) is 12.6 Å². The van der Waals surface area contributed by atoms with E-state index in [0.717, 1.165) is 28.1 Å². The first-order valence-electron chi connectivity index (χ1n) is 7.30. The third-order valence-corrected chi connectivity index (χ3v) is 4.35. The Kier molecular flexibility index (Phi) is 6.21. The maximum absolute atomic E-state index is 6.25. The Balaban J connectivity index is 2.06. The van der Waals surface area contributed by atoms with Crippen LogP contribution in [0.4, 0.5) is 0 Å². The van der Waals surface area contributed by atoms with E-state index in [9.17, 15) is 0 Å². The number of rotatable bonds is 5. The van der Waals surface area contributed by atoms with Crippen LogP contribution in [0.25, 0.3) is 0 Å². The van der Waals surface area contributed by atoms with Gasteiger partial charge >= 0.3 is 0 Å². The van der Waals surface area contributed by atoms with Crippen molar-refractivity contribution in [3.8, 4) is 0 Å². The molecule has 2 rings (SSSR count). The van der Waals surface area contributed by atoms with Gasteiger partial charge in [-0.05, 0) is 32.4 Å². The molecule has 6 heteroatoms. The first-order valence-corrected chi connectivity index (χ1v) is 8.50. The summed E-state index contributed by atoms with van der Waals surface area (Å²) < 4.78 is 0. The number of benzene rings is 1. The van der Waals surface area contributed by atoms with Crippen molar-refractivity contribution in [2.75, 3.05) is 6.54 Å². The van der Waals surface area contributed by atoms with Crippen molar-refractivity contribution >= 4 is 28.9 Å². The molecule has 118 valence electrons. The van der Waals surface area contributed by atoms with Crippen molar-refractivity contribution in [3.05, 3.63) is 50.9 Å². The third kappa shape index (κ3) is 4.71. The lowest BCUT2D eigenvalue weighted by Crippen LogP contribution is -2.38. The fourth-order valence-corrected chi connectivity index (χ4v) is 3.06.